The first kappa shape index (κ1) is 19.6. The van der Waals surface area contributed by atoms with Crippen molar-refractivity contribution in [2.24, 2.45) is 0 Å². The summed E-state index contributed by atoms with van der Waals surface area (Å²) in [7, 11) is 1.45. The maximum absolute atomic E-state index is 12.8. The molecule has 1 aromatic heterocycles. The second-order valence-electron chi connectivity index (χ2n) is 6.59. The van der Waals surface area contributed by atoms with Crippen LogP contribution in [0.2, 0.25) is 5.02 Å². The smallest absolute Gasteiger partial charge is 0.261 e. The number of hydrogen-bond donors (Lipinski definition) is 1. The van der Waals surface area contributed by atoms with E-state index in [1.165, 1.54) is 13.3 Å². The molecule has 8 heteroatoms. The molecular formula is C22H16ClN3O4. The number of imide groups is 1. The number of fused-ring (bicyclic) bond motifs is 1. The second-order valence-corrected chi connectivity index (χ2v) is 7.03. The van der Waals surface area contributed by atoms with Crippen LogP contribution >= 0.6 is 11.6 Å². The van der Waals surface area contributed by atoms with E-state index in [2.05, 4.69) is 10.3 Å². The van der Waals surface area contributed by atoms with Gasteiger partial charge in [0.25, 0.3) is 17.7 Å². The minimum Gasteiger partial charge on any atom is -0.496 e. The summed E-state index contributed by atoms with van der Waals surface area (Å²) < 4.78 is 5.29. The molecule has 0 aliphatic carbocycles. The van der Waals surface area contributed by atoms with Gasteiger partial charge in [-0.25, -0.2) is 4.98 Å². The lowest BCUT2D eigenvalue weighted by Gasteiger charge is -2.16. The maximum Gasteiger partial charge on any atom is 0.261 e. The number of halogens is 1. The van der Waals surface area contributed by atoms with Crippen molar-refractivity contribution in [3.63, 3.8) is 0 Å². The van der Waals surface area contributed by atoms with Crippen molar-refractivity contribution in [1.29, 1.82) is 0 Å². The third-order valence-corrected chi connectivity index (χ3v) is 4.92. The first-order valence-corrected chi connectivity index (χ1v) is 9.41. The zero-order chi connectivity index (χ0) is 21.3. The quantitative estimate of drug-likeness (QED) is 0.633. The van der Waals surface area contributed by atoms with Crippen LogP contribution in [-0.4, -0.2) is 34.7 Å². The molecule has 0 atom stereocenters. The van der Waals surface area contributed by atoms with E-state index in [9.17, 15) is 14.4 Å². The molecule has 2 aromatic carbocycles. The van der Waals surface area contributed by atoms with Crippen LogP contribution in [0.3, 0.4) is 0 Å². The van der Waals surface area contributed by atoms with Gasteiger partial charge in [0.05, 0.1) is 35.4 Å². The summed E-state index contributed by atoms with van der Waals surface area (Å²) in [5.41, 5.74) is 1.62. The molecule has 0 radical (unpaired) electrons. The van der Waals surface area contributed by atoms with Gasteiger partial charge in [-0.15, -0.1) is 0 Å². The largest absolute Gasteiger partial charge is 0.496 e. The molecule has 0 bridgehead atoms. The molecule has 4 rings (SSSR count). The van der Waals surface area contributed by atoms with Gasteiger partial charge in [0.15, 0.2) is 0 Å². The topological polar surface area (TPSA) is 88.6 Å². The predicted molar refractivity (Wildman–Crippen MR) is 111 cm³/mol. The summed E-state index contributed by atoms with van der Waals surface area (Å²) in [4.78, 5) is 43.2. The van der Waals surface area contributed by atoms with E-state index in [4.69, 9.17) is 16.3 Å². The minimum atomic E-state index is -0.439. The van der Waals surface area contributed by atoms with Gasteiger partial charge in [-0.1, -0.05) is 29.8 Å². The van der Waals surface area contributed by atoms with Gasteiger partial charge in [0.1, 0.15) is 11.6 Å². The maximum atomic E-state index is 12.8. The lowest BCUT2D eigenvalue weighted by Crippen LogP contribution is -2.29. The van der Waals surface area contributed by atoms with Crippen molar-refractivity contribution >= 4 is 35.1 Å². The molecule has 7 nitrogen and oxygen atoms in total. The van der Waals surface area contributed by atoms with Gasteiger partial charge in [0.2, 0.25) is 0 Å². The van der Waals surface area contributed by atoms with Crippen molar-refractivity contribution in [2.45, 2.75) is 6.54 Å². The summed E-state index contributed by atoms with van der Waals surface area (Å²) in [6, 6.07) is 14.8. The van der Waals surface area contributed by atoms with Crippen molar-refractivity contribution in [3.05, 3.63) is 88.1 Å². The van der Waals surface area contributed by atoms with Crippen LogP contribution in [0.25, 0.3) is 0 Å². The average molecular weight is 422 g/mol. The highest BCUT2D eigenvalue weighted by Crippen LogP contribution is 2.27. The Morgan fingerprint density at radius 1 is 1.07 bits per heavy atom. The van der Waals surface area contributed by atoms with Gasteiger partial charge >= 0.3 is 0 Å². The van der Waals surface area contributed by atoms with Crippen LogP contribution in [0.4, 0.5) is 5.82 Å². The molecule has 1 aliphatic rings. The lowest BCUT2D eigenvalue weighted by molar-refractivity contribution is 0.0642. The number of rotatable bonds is 5. The predicted octanol–water partition coefficient (Wildman–Crippen LogP) is 3.79. The summed E-state index contributed by atoms with van der Waals surface area (Å²) in [6.45, 7) is 0.0375. The molecule has 150 valence electrons. The van der Waals surface area contributed by atoms with Gasteiger partial charge in [0, 0.05) is 6.20 Å². The fourth-order valence-electron chi connectivity index (χ4n) is 3.23. The number of anilines is 1. The molecule has 0 unspecified atom stereocenters. The highest BCUT2D eigenvalue weighted by atomic mass is 35.5. The third-order valence-electron chi connectivity index (χ3n) is 4.70. The Balaban J connectivity index is 1.59. The van der Waals surface area contributed by atoms with Crippen LogP contribution in [-0.2, 0) is 6.54 Å². The number of ether oxygens (including phenoxy) is 1. The number of benzene rings is 2. The Labute approximate surface area is 177 Å². The highest BCUT2D eigenvalue weighted by molar-refractivity contribution is 6.30. The Morgan fingerprint density at radius 2 is 1.77 bits per heavy atom. The van der Waals surface area contributed by atoms with Crippen molar-refractivity contribution < 1.29 is 19.1 Å². The lowest BCUT2D eigenvalue weighted by atomic mass is 10.1. The Bertz CT molecular complexity index is 1130. The second kappa shape index (κ2) is 7.96. The average Bonchev–Trinajstić information content (AvgIpc) is 3.00. The number of amides is 3. The number of nitrogens with one attached hydrogen (secondary N) is 1. The van der Waals surface area contributed by atoms with Crippen LogP contribution in [0.1, 0.15) is 36.6 Å². The number of hydrogen-bond acceptors (Lipinski definition) is 5. The van der Waals surface area contributed by atoms with Crippen LogP contribution in [0.15, 0.2) is 60.8 Å². The molecule has 0 spiro atoms. The monoisotopic (exact) mass is 421 g/mol. The fourth-order valence-corrected chi connectivity index (χ4v) is 3.34. The standard InChI is InChI=1S/C22H16ClN3O4/c1-30-18-8-6-13(10-17(18)20(27)25-19-9-7-14(23)11-24-19)12-26-21(28)15-4-2-3-5-16(15)22(26)29/h2-11H,12H2,1H3,(H,24,25,27). The number of aromatic nitrogens is 1. The van der Waals surface area contributed by atoms with E-state index in [0.29, 0.717) is 33.3 Å². The Kier molecular flexibility index (Phi) is 5.20. The molecule has 0 saturated heterocycles. The molecular weight excluding hydrogens is 406 g/mol. The molecule has 0 saturated carbocycles. The molecule has 3 aromatic rings. The van der Waals surface area contributed by atoms with E-state index in [-0.39, 0.29) is 23.9 Å². The van der Waals surface area contributed by atoms with Gasteiger partial charge in [-0.05, 0) is 42.0 Å². The number of carbonyl (C=O) groups is 3. The molecule has 1 N–H and O–H groups in total. The van der Waals surface area contributed by atoms with E-state index in [0.717, 1.165) is 4.90 Å². The van der Waals surface area contributed by atoms with E-state index in [1.54, 1.807) is 54.6 Å². The normalized spacial score (nSPS) is 12.7. The summed E-state index contributed by atoms with van der Waals surface area (Å²) in [5, 5.41) is 3.13. The Morgan fingerprint density at radius 3 is 2.37 bits per heavy atom. The van der Waals surface area contributed by atoms with Crippen LogP contribution in [0, 0.1) is 0 Å². The summed E-state index contributed by atoms with van der Waals surface area (Å²) >= 11 is 5.82. The number of carbonyl (C=O) groups excluding carboxylic acids is 3. The Hall–Kier alpha value is -3.71. The number of methoxy groups -OCH3 is 1. The SMILES string of the molecule is COc1ccc(CN2C(=O)c3ccccc3C2=O)cc1C(=O)Nc1ccc(Cl)cn1. The minimum absolute atomic E-state index is 0.0375. The van der Waals surface area contributed by atoms with Gasteiger partial charge < -0.3 is 10.1 Å². The highest BCUT2D eigenvalue weighted by Gasteiger charge is 2.35. The van der Waals surface area contributed by atoms with Crippen molar-refractivity contribution in [2.75, 3.05) is 12.4 Å². The molecule has 2 heterocycles. The van der Waals surface area contributed by atoms with E-state index < -0.39 is 5.91 Å². The zero-order valence-electron chi connectivity index (χ0n) is 15.9. The molecule has 1 aliphatic heterocycles. The number of pyridine rings is 1. The van der Waals surface area contributed by atoms with E-state index in [1.807, 2.05) is 0 Å². The van der Waals surface area contributed by atoms with Crippen LogP contribution in [0.5, 0.6) is 5.75 Å². The molecule has 3 amide bonds. The first-order valence-electron chi connectivity index (χ1n) is 9.03. The summed E-state index contributed by atoms with van der Waals surface area (Å²) in [6.07, 6.45) is 1.42. The zero-order valence-corrected chi connectivity index (χ0v) is 16.6. The first-order chi connectivity index (χ1) is 14.5. The number of nitrogens with zero attached hydrogens (tertiary/aromatic N) is 2. The molecule has 30 heavy (non-hydrogen) atoms. The summed E-state index contributed by atoms with van der Waals surface area (Å²) in [5.74, 6) is -0.471. The van der Waals surface area contributed by atoms with Crippen molar-refractivity contribution in [3.8, 4) is 5.75 Å². The van der Waals surface area contributed by atoms with Crippen molar-refractivity contribution in [1.82, 2.24) is 9.88 Å². The fraction of sp³-hybridized carbons (Fsp3) is 0.0909. The molecule has 0 fully saturated rings. The van der Waals surface area contributed by atoms with Gasteiger partial charge in [-0.3, -0.25) is 19.3 Å². The van der Waals surface area contributed by atoms with Gasteiger partial charge in [-0.2, -0.15) is 0 Å². The van der Waals surface area contributed by atoms with E-state index >= 15 is 0 Å². The third kappa shape index (κ3) is 3.62. The van der Waals surface area contributed by atoms with Crippen LogP contribution < -0.4 is 10.1 Å².